The van der Waals surface area contributed by atoms with Crippen LogP contribution >= 0.6 is 11.6 Å². The summed E-state index contributed by atoms with van der Waals surface area (Å²) in [6, 6.07) is 6.32. The van der Waals surface area contributed by atoms with Crippen molar-refractivity contribution in [3.63, 3.8) is 0 Å². The number of nitrogens with zero attached hydrogens (tertiary/aromatic N) is 2. The van der Waals surface area contributed by atoms with Gasteiger partial charge in [-0.1, -0.05) is 16.8 Å². The van der Waals surface area contributed by atoms with Gasteiger partial charge in [-0.3, -0.25) is 9.59 Å². The molecule has 0 fully saturated rings. The van der Waals surface area contributed by atoms with Crippen LogP contribution in [0.15, 0.2) is 28.8 Å². The Balaban J connectivity index is 2.16. The number of benzene rings is 1. The van der Waals surface area contributed by atoms with Gasteiger partial charge in [0.15, 0.2) is 5.69 Å². The fraction of sp³-hybridized carbons (Fsp3) is 0.312. The van der Waals surface area contributed by atoms with E-state index < -0.39 is 5.91 Å². The molecule has 2 rings (SSSR count). The number of carbonyl (C=O) groups excluding carboxylic acids is 2. The first-order valence-electron chi connectivity index (χ1n) is 7.29. The van der Waals surface area contributed by atoms with Crippen molar-refractivity contribution in [1.29, 1.82) is 0 Å². The van der Waals surface area contributed by atoms with Gasteiger partial charge in [0.05, 0.1) is 10.6 Å². The Morgan fingerprint density at radius 3 is 2.48 bits per heavy atom. The highest BCUT2D eigenvalue weighted by molar-refractivity contribution is 6.34. The minimum Gasteiger partial charge on any atom is -0.361 e. The second kappa shape index (κ2) is 7.28. The van der Waals surface area contributed by atoms with Crippen LogP contribution in [0, 0.1) is 6.92 Å². The van der Waals surface area contributed by atoms with Crippen LogP contribution in [0.3, 0.4) is 0 Å². The third kappa shape index (κ3) is 3.90. The average Bonchev–Trinajstić information content (AvgIpc) is 2.95. The normalized spacial score (nSPS) is 10.4. The molecule has 0 aliphatic heterocycles. The van der Waals surface area contributed by atoms with Gasteiger partial charge in [-0.2, -0.15) is 0 Å². The monoisotopic (exact) mass is 335 g/mol. The summed E-state index contributed by atoms with van der Waals surface area (Å²) in [5, 5.41) is 6.60. The number of halogens is 1. The van der Waals surface area contributed by atoms with Crippen molar-refractivity contribution in [1.82, 2.24) is 10.1 Å². The van der Waals surface area contributed by atoms with Gasteiger partial charge in [0, 0.05) is 24.8 Å². The molecular weight excluding hydrogens is 318 g/mol. The molecule has 2 aromatic rings. The molecule has 0 atom stereocenters. The first-order valence-corrected chi connectivity index (χ1v) is 7.67. The maximum Gasteiger partial charge on any atom is 0.277 e. The zero-order valence-corrected chi connectivity index (χ0v) is 14.0. The molecule has 0 aliphatic rings. The largest absolute Gasteiger partial charge is 0.361 e. The summed E-state index contributed by atoms with van der Waals surface area (Å²) in [7, 11) is 0. The van der Waals surface area contributed by atoms with Gasteiger partial charge in [-0.15, -0.1) is 0 Å². The highest BCUT2D eigenvalue weighted by Gasteiger charge is 2.17. The molecule has 1 heterocycles. The summed E-state index contributed by atoms with van der Waals surface area (Å²) in [5.74, 6) is 0.0130. The molecule has 1 N–H and O–H groups in total. The molecule has 23 heavy (non-hydrogen) atoms. The van der Waals surface area contributed by atoms with Crippen LogP contribution in [0.1, 0.15) is 40.5 Å². The smallest absolute Gasteiger partial charge is 0.277 e. The van der Waals surface area contributed by atoms with E-state index in [-0.39, 0.29) is 16.6 Å². The number of aryl methyl sites for hydroxylation is 1. The molecule has 1 aromatic carbocycles. The molecule has 0 bridgehead atoms. The van der Waals surface area contributed by atoms with E-state index in [1.807, 2.05) is 13.8 Å². The predicted octanol–water partition coefficient (Wildman–Crippen LogP) is 3.37. The van der Waals surface area contributed by atoms with Crippen LogP contribution in [0.5, 0.6) is 0 Å². The highest BCUT2D eigenvalue weighted by atomic mass is 35.5. The molecule has 0 saturated heterocycles. The molecule has 122 valence electrons. The van der Waals surface area contributed by atoms with Crippen molar-refractivity contribution in [2.45, 2.75) is 20.8 Å². The number of rotatable bonds is 5. The van der Waals surface area contributed by atoms with E-state index in [9.17, 15) is 9.59 Å². The molecule has 2 amide bonds. The Hall–Kier alpha value is -2.34. The quantitative estimate of drug-likeness (QED) is 0.909. The summed E-state index contributed by atoms with van der Waals surface area (Å²) >= 11 is 6.18. The minimum absolute atomic E-state index is 0.134. The van der Waals surface area contributed by atoms with E-state index in [1.165, 1.54) is 6.07 Å². The van der Waals surface area contributed by atoms with Crippen molar-refractivity contribution < 1.29 is 14.1 Å². The second-order valence-electron chi connectivity index (χ2n) is 4.95. The Kier molecular flexibility index (Phi) is 5.39. The molecule has 0 saturated carbocycles. The summed E-state index contributed by atoms with van der Waals surface area (Å²) in [4.78, 5) is 26.0. The van der Waals surface area contributed by atoms with Gasteiger partial charge in [-0.25, -0.2) is 0 Å². The summed E-state index contributed by atoms with van der Waals surface area (Å²) < 4.78 is 4.86. The zero-order valence-electron chi connectivity index (χ0n) is 13.2. The lowest BCUT2D eigenvalue weighted by atomic mass is 10.1. The number of carbonyl (C=O) groups is 2. The van der Waals surface area contributed by atoms with Crippen molar-refractivity contribution in [2.24, 2.45) is 0 Å². The van der Waals surface area contributed by atoms with Crippen LogP contribution in [0.2, 0.25) is 5.02 Å². The maximum atomic E-state index is 12.3. The first kappa shape index (κ1) is 17.0. The first-order chi connectivity index (χ1) is 11.0. The lowest BCUT2D eigenvalue weighted by molar-refractivity contribution is 0.0773. The third-order valence-corrected chi connectivity index (χ3v) is 3.68. The summed E-state index contributed by atoms with van der Waals surface area (Å²) in [6.45, 7) is 6.73. The van der Waals surface area contributed by atoms with E-state index >= 15 is 0 Å². The van der Waals surface area contributed by atoms with Crippen molar-refractivity contribution in [3.05, 3.63) is 46.3 Å². The SMILES string of the molecule is CCN(CC)C(=O)c1ccc(NC(=O)c2cc(C)on2)cc1Cl. The van der Waals surface area contributed by atoms with Gasteiger partial charge < -0.3 is 14.7 Å². The molecule has 0 radical (unpaired) electrons. The third-order valence-electron chi connectivity index (χ3n) is 3.37. The summed E-state index contributed by atoms with van der Waals surface area (Å²) in [5.41, 5.74) is 1.07. The van der Waals surface area contributed by atoms with E-state index in [0.29, 0.717) is 30.1 Å². The van der Waals surface area contributed by atoms with Crippen molar-refractivity contribution >= 4 is 29.1 Å². The predicted molar refractivity (Wildman–Crippen MR) is 87.9 cm³/mol. The van der Waals surface area contributed by atoms with Crippen LogP contribution < -0.4 is 5.32 Å². The lowest BCUT2D eigenvalue weighted by Gasteiger charge is -2.19. The molecule has 6 nitrogen and oxygen atoms in total. The van der Waals surface area contributed by atoms with Gasteiger partial charge in [-0.05, 0) is 39.0 Å². The van der Waals surface area contributed by atoms with E-state index in [1.54, 1.807) is 30.0 Å². The van der Waals surface area contributed by atoms with Crippen LogP contribution in [-0.4, -0.2) is 35.0 Å². The number of nitrogens with one attached hydrogen (secondary N) is 1. The molecule has 1 aromatic heterocycles. The second-order valence-corrected chi connectivity index (χ2v) is 5.36. The topological polar surface area (TPSA) is 75.4 Å². The van der Waals surface area contributed by atoms with Gasteiger partial charge in [0.25, 0.3) is 11.8 Å². The standard InChI is InChI=1S/C16H18ClN3O3/c1-4-20(5-2)16(22)12-7-6-11(9-13(12)17)18-15(21)14-8-10(3)23-19-14/h6-9H,4-5H2,1-3H3,(H,18,21). The lowest BCUT2D eigenvalue weighted by Crippen LogP contribution is -2.30. The zero-order chi connectivity index (χ0) is 17.0. The maximum absolute atomic E-state index is 12.3. The fourth-order valence-corrected chi connectivity index (χ4v) is 2.38. The van der Waals surface area contributed by atoms with E-state index in [4.69, 9.17) is 16.1 Å². The fourth-order valence-electron chi connectivity index (χ4n) is 2.12. The molecule has 0 spiro atoms. The molecule has 0 aliphatic carbocycles. The van der Waals surface area contributed by atoms with Gasteiger partial charge >= 0.3 is 0 Å². The Bertz CT molecular complexity index is 723. The Labute approximate surface area is 139 Å². The number of aromatic nitrogens is 1. The highest BCUT2D eigenvalue weighted by Crippen LogP contribution is 2.23. The van der Waals surface area contributed by atoms with Crippen molar-refractivity contribution in [2.75, 3.05) is 18.4 Å². The average molecular weight is 336 g/mol. The van der Waals surface area contributed by atoms with Crippen molar-refractivity contribution in [3.8, 4) is 0 Å². The number of hydrogen-bond donors (Lipinski definition) is 1. The van der Waals surface area contributed by atoms with Crippen LogP contribution in [0.25, 0.3) is 0 Å². The Morgan fingerprint density at radius 2 is 1.96 bits per heavy atom. The Morgan fingerprint density at radius 1 is 1.26 bits per heavy atom. The minimum atomic E-state index is -0.402. The van der Waals surface area contributed by atoms with E-state index in [0.717, 1.165) is 0 Å². The molecule has 0 unspecified atom stereocenters. The molecule has 7 heteroatoms. The number of amides is 2. The van der Waals surface area contributed by atoms with Gasteiger partial charge in [0.1, 0.15) is 5.76 Å². The number of hydrogen-bond acceptors (Lipinski definition) is 4. The van der Waals surface area contributed by atoms with Gasteiger partial charge in [0.2, 0.25) is 0 Å². The van der Waals surface area contributed by atoms with Crippen LogP contribution in [-0.2, 0) is 0 Å². The van der Waals surface area contributed by atoms with Crippen LogP contribution in [0.4, 0.5) is 5.69 Å². The van der Waals surface area contributed by atoms with E-state index in [2.05, 4.69) is 10.5 Å². The molecular formula is C16H18ClN3O3. The summed E-state index contributed by atoms with van der Waals surface area (Å²) in [6.07, 6.45) is 0. The number of anilines is 1.